The Morgan fingerprint density at radius 1 is 0.500 bits per heavy atom. The Bertz CT molecular complexity index is 3550. The number of anilines is 2. The number of allylic oxidation sites excluding steroid dienone is 3. The summed E-state index contributed by atoms with van der Waals surface area (Å²) in [7, 11) is 0. The third-order valence-corrected chi connectivity index (χ3v) is 12.7. The molecule has 0 amide bonds. The number of nitrogens with zero attached hydrogens (tertiary/aromatic N) is 2. The molecule has 0 N–H and O–H groups in total. The Morgan fingerprint density at radius 2 is 1.13 bits per heavy atom. The molecule has 0 spiro atoms. The Labute approximate surface area is 360 Å². The Kier molecular flexibility index (Phi) is 8.53. The first-order valence-electron chi connectivity index (χ1n) is 21.6. The maximum absolute atomic E-state index is 6.36. The number of hydrogen-bond acceptors (Lipinski definition) is 2. The standard InChI is InChI=1S/C59H42N2O/c1-39-29-35-55(52(37-39)50-25-13-18-42-17-12-23-46(58(42)50)40-15-4-2-5-16-40)60(45-34-36-57-53(38-45)49-22-9-11-28-56(49)62-57)44-32-30-41(31-33-44)47-24-14-26-51-48-21-8-10-27-54(48)61(59(47)51)43-19-6-3-7-20-43/h2-28,30-39H,29H2,1H3. The predicted molar refractivity (Wildman–Crippen MR) is 261 cm³/mol. The summed E-state index contributed by atoms with van der Waals surface area (Å²) in [5.74, 6) is 0.370. The largest absolute Gasteiger partial charge is 0.456 e. The normalized spacial score (nSPS) is 14.2. The number of fused-ring (bicyclic) bond motifs is 7. The summed E-state index contributed by atoms with van der Waals surface area (Å²) in [4.78, 5) is 2.47. The van der Waals surface area contributed by atoms with Crippen molar-refractivity contribution in [3.8, 4) is 27.9 Å². The van der Waals surface area contributed by atoms with Crippen LogP contribution >= 0.6 is 0 Å². The van der Waals surface area contributed by atoms with Crippen LogP contribution in [-0.4, -0.2) is 4.57 Å². The van der Waals surface area contributed by atoms with Crippen molar-refractivity contribution >= 4 is 71.5 Å². The molecule has 3 heteroatoms. The summed E-state index contributed by atoms with van der Waals surface area (Å²) in [6.45, 7) is 2.33. The fourth-order valence-corrected chi connectivity index (χ4v) is 9.88. The van der Waals surface area contributed by atoms with Crippen LogP contribution in [0.5, 0.6) is 0 Å². The molecular weight excluding hydrogens is 753 g/mol. The molecule has 0 aliphatic heterocycles. The monoisotopic (exact) mass is 794 g/mol. The summed E-state index contributed by atoms with van der Waals surface area (Å²) in [6, 6.07) is 74.7. The van der Waals surface area contributed by atoms with E-state index in [9.17, 15) is 0 Å². The number of rotatable bonds is 7. The lowest BCUT2D eigenvalue weighted by Crippen LogP contribution is -2.20. The second-order valence-corrected chi connectivity index (χ2v) is 16.5. The van der Waals surface area contributed by atoms with Gasteiger partial charge in [-0.05, 0) is 100.0 Å². The lowest BCUT2D eigenvalue weighted by molar-refractivity contribution is 0.669. The molecule has 9 aromatic carbocycles. The van der Waals surface area contributed by atoms with E-state index in [-0.39, 0.29) is 0 Å². The number of aromatic nitrogens is 1. The maximum Gasteiger partial charge on any atom is 0.135 e. The Balaban J connectivity index is 1.06. The van der Waals surface area contributed by atoms with E-state index < -0.39 is 0 Å². The summed E-state index contributed by atoms with van der Waals surface area (Å²) in [5.41, 5.74) is 16.0. The maximum atomic E-state index is 6.36. The third-order valence-electron chi connectivity index (χ3n) is 12.7. The van der Waals surface area contributed by atoms with Crippen LogP contribution in [0.15, 0.2) is 229 Å². The zero-order chi connectivity index (χ0) is 41.1. The van der Waals surface area contributed by atoms with E-state index in [1.807, 2.05) is 6.07 Å². The minimum atomic E-state index is 0.370. The first kappa shape index (κ1) is 36.0. The van der Waals surface area contributed by atoms with E-state index in [0.717, 1.165) is 45.4 Å². The summed E-state index contributed by atoms with van der Waals surface area (Å²) in [5, 5.41) is 7.21. The molecule has 0 saturated heterocycles. The summed E-state index contributed by atoms with van der Waals surface area (Å²) >= 11 is 0. The van der Waals surface area contributed by atoms with Gasteiger partial charge in [0.1, 0.15) is 11.2 Å². The Hall–Kier alpha value is -7.88. The van der Waals surface area contributed by atoms with E-state index in [1.165, 1.54) is 71.7 Å². The van der Waals surface area contributed by atoms with Crippen LogP contribution in [0, 0.1) is 5.92 Å². The van der Waals surface area contributed by atoms with Gasteiger partial charge in [0.15, 0.2) is 0 Å². The molecule has 1 aliphatic rings. The number of furan rings is 1. The Morgan fingerprint density at radius 3 is 1.95 bits per heavy atom. The van der Waals surface area contributed by atoms with Crippen LogP contribution in [0.1, 0.15) is 18.9 Å². The van der Waals surface area contributed by atoms with Gasteiger partial charge in [-0.2, -0.15) is 0 Å². The zero-order valence-corrected chi connectivity index (χ0v) is 34.4. The smallest absolute Gasteiger partial charge is 0.135 e. The average Bonchev–Trinajstić information content (AvgIpc) is 3.88. The van der Waals surface area contributed by atoms with Gasteiger partial charge in [0.25, 0.3) is 0 Å². The average molecular weight is 795 g/mol. The van der Waals surface area contributed by atoms with E-state index in [0.29, 0.717) is 5.92 Å². The third kappa shape index (κ3) is 5.89. The van der Waals surface area contributed by atoms with Gasteiger partial charge < -0.3 is 13.9 Å². The second kappa shape index (κ2) is 14.7. The van der Waals surface area contributed by atoms with Gasteiger partial charge in [-0.25, -0.2) is 0 Å². The molecule has 1 aliphatic carbocycles. The highest BCUT2D eigenvalue weighted by molar-refractivity contribution is 6.14. The van der Waals surface area contributed by atoms with Gasteiger partial charge >= 0.3 is 0 Å². The van der Waals surface area contributed by atoms with Crippen molar-refractivity contribution in [2.24, 2.45) is 5.92 Å². The molecule has 1 unspecified atom stereocenters. The topological polar surface area (TPSA) is 21.3 Å². The van der Waals surface area contributed by atoms with Crippen LogP contribution in [0.3, 0.4) is 0 Å². The van der Waals surface area contributed by atoms with Gasteiger partial charge in [-0.1, -0.05) is 171 Å². The molecule has 2 heterocycles. The summed E-state index contributed by atoms with van der Waals surface area (Å²) in [6.07, 6.45) is 5.88. The zero-order valence-electron chi connectivity index (χ0n) is 34.4. The predicted octanol–water partition coefficient (Wildman–Crippen LogP) is 16.3. The number of para-hydroxylation sites is 4. The molecule has 3 nitrogen and oxygen atoms in total. The SMILES string of the molecule is CC1C=C(c2cccc3cccc(-c4ccccc4)c23)C(N(c2ccc(-c3cccc4c5ccccc5n(-c5ccccc5)c34)cc2)c2ccc3oc4ccccc4c3c2)=CC1. The van der Waals surface area contributed by atoms with E-state index in [1.54, 1.807) is 0 Å². The fraction of sp³-hybridized carbons (Fsp3) is 0.0508. The molecular formula is C59H42N2O. The minimum absolute atomic E-state index is 0.370. The van der Waals surface area contributed by atoms with Crippen molar-refractivity contribution in [2.45, 2.75) is 13.3 Å². The van der Waals surface area contributed by atoms with Gasteiger partial charge in [-0.15, -0.1) is 0 Å². The van der Waals surface area contributed by atoms with Crippen molar-refractivity contribution in [3.63, 3.8) is 0 Å². The summed E-state index contributed by atoms with van der Waals surface area (Å²) < 4.78 is 8.78. The fourth-order valence-electron chi connectivity index (χ4n) is 9.88. The minimum Gasteiger partial charge on any atom is -0.456 e. The molecule has 0 radical (unpaired) electrons. The highest BCUT2D eigenvalue weighted by atomic mass is 16.3. The second-order valence-electron chi connectivity index (χ2n) is 16.5. The first-order chi connectivity index (χ1) is 30.7. The van der Waals surface area contributed by atoms with Crippen LogP contribution < -0.4 is 4.90 Å². The molecule has 0 bridgehead atoms. The van der Waals surface area contributed by atoms with Crippen molar-refractivity contribution in [1.29, 1.82) is 0 Å². The quantitative estimate of drug-likeness (QED) is 0.160. The van der Waals surface area contributed by atoms with Crippen molar-refractivity contribution in [2.75, 3.05) is 4.90 Å². The molecule has 11 aromatic rings. The first-order valence-corrected chi connectivity index (χ1v) is 21.6. The highest BCUT2D eigenvalue weighted by Crippen LogP contribution is 2.46. The molecule has 62 heavy (non-hydrogen) atoms. The molecule has 294 valence electrons. The molecule has 2 aromatic heterocycles. The van der Waals surface area contributed by atoms with Crippen LogP contribution in [-0.2, 0) is 0 Å². The van der Waals surface area contributed by atoms with Crippen LogP contribution in [0.4, 0.5) is 11.4 Å². The van der Waals surface area contributed by atoms with Crippen molar-refractivity contribution < 1.29 is 4.42 Å². The van der Waals surface area contributed by atoms with E-state index in [4.69, 9.17) is 4.42 Å². The van der Waals surface area contributed by atoms with Gasteiger partial charge in [0, 0.05) is 55.4 Å². The van der Waals surface area contributed by atoms with Gasteiger partial charge in [0.05, 0.1) is 11.0 Å². The number of benzene rings is 9. The van der Waals surface area contributed by atoms with Crippen LogP contribution in [0.2, 0.25) is 0 Å². The molecule has 12 rings (SSSR count). The molecule has 0 fully saturated rings. The van der Waals surface area contributed by atoms with E-state index in [2.05, 4.69) is 229 Å². The van der Waals surface area contributed by atoms with Gasteiger partial charge in [-0.3, -0.25) is 0 Å². The van der Waals surface area contributed by atoms with Crippen LogP contribution in [0.25, 0.3) is 88.0 Å². The van der Waals surface area contributed by atoms with E-state index >= 15 is 0 Å². The highest BCUT2D eigenvalue weighted by Gasteiger charge is 2.26. The van der Waals surface area contributed by atoms with Gasteiger partial charge in [0.2, 0.25) is 0 Å². The number of hydrogen-bond donors (Lipinski definition) is 0. The lowest BCUT2D eigenvalue weighted by Gasteiger charge is -2.33. The molecule has 1 atom stereocenters. The molecule has 0 saturated carbocycles. The lowest BCUT2D eigenvalue weighted by atomic mass is 9.85. The van der Waals surface area contributed by atoms with Crippen molar-refractivity contribution in [3.05, 3.63) is 230 Å². The van der Waals surface area contributed by atoms with Crippen molar-refractivity contribution in [1.82, 2.24) is 4.57 Å².